The van der Waals surface area contributed by atoms with Gasteiger partial charge in [0.2, 0.25) is 0 Å². The average Bonchev–Trinajstić information content (AvgIpc) is 2.25. The van der Waals surface area contributed by atoms with E-state index in [-0.39, 0.29) is 6.61 Å². The summed E-state index contributed by atoms with van der Waals surface area (Å²) in [6, 6.07) is 6.25. The first kappa shape index (κ1) is 12.5. The summed E-state index contributed by atoms with van der Waals surface area (Å²) in [6.07, 6.45) is 2.81. The number of aryl methyl sites for hydroxylation is 1. The van der Waals surface area contributed by atoms with Crippen LogP contribution in [0.25, 0.3) is 0 Å². The van der Waals surface area contributed by atoms with Crippen LogP contribution in [0.3, 0.4) is 0 Å². The lowest BCUT2D eigenvalue weighted by molar-refractivity contribution is 0.288. The van der Waals surface area contributed by atoms with Crippen LogP contribution in [-0.4, -0.2) is 11.7 Å². The number of halogens is 1. The largest absolute Gasteiger partial charge is 0.396 e. The molecular formula is C13H19ClO. The van der Waals surface area contributed by atoms with Crippen LogP contribution in [-0.2, 0) is 6.42 Å². The molecule has 1 aromatic carbocycles. The third kappa shape index (κ3) is 3.51. The van der Waals surface area contributed by atoms with Gasteiger partial charge in [0.25, 0.3) is 0 Å². The van der Waals surface area contributed by atoms with Crippen LogP contribution in [0, 0.1) is 0 Å². The van der Waals surface area contributed by atoms with E-state index in [1.165, 1.54) is 11.1 Å². The van der Waals surface area contributed by atoms with Gasteiger partial charge in [-0.15, -0.1) is 0 Å². The molecule has 84 valence electrons. The van der Waals surface area contributed by atoms with E-state index in [0.29, 0.717) is 5.92 Å². The van der Waals surface area contributed by atoms with E-state index in [9.17, 15) is 0 Å². The van der Waals surface area contributed by atoms with Crippen LogP contribution in [0.4, 0.5) is 0 Å². The summed E-state index contributed by atoms with van der Waals surface area (Å²) < 4.78 is 0. The van der Waals surface area contributed by atoms with E-state index in [0.717, 1.165) is 24.3 Å². The van der Waals surface area contributed by atoms with Crippen molar-refractivity contribution in [1.29, 1.82) is 0 Å². The Hall–Kier alpha value is -0.530. The molecule has 1 N–H and O–H groups in total. The molecule has 0 aliphatic rings. The van der Waals surface area contributed by atoms with Crippen molar-refractivity contribution in [3.63, 3.8) is 0 Å². The molecular weight excluding hydrogens is 208 g/mol. The molecule has 0 saturated heterocycles. The maximum atomic E-state index is 8.74. The second kappa shape index (κ2) is 6.14. The molecule has 0 spiro atoms. The van der Waals surface area contributed by atoms with E-state index in [2.05, 4.69) is 26.0 Å². The van der Waals surface area contributed by atoms with E-state index < -0.39 is 0 Å². The van der Waals surface area contributed by atoms with Gasteiger partial charge in [-0.25, -0.2) is 0 Å². The zero-order valence-corrected chi connectivity index (χ0v) is 10.2. The molecule has 1 rings (SSSR count). The highest BCUT2D eigenvalue weighted by Crippen LogP contribution is 2.27. The second-order valence-electron chi connectivity index (χ2n) is 3.99. The Morgan fingerprint density at radius 3 is 2.67 bits per heavy atom. The molecule has 0 amide bonds. The first-order valence-corrected chi connectivity index (χ1v) is 5.96. The maximum absolute atomic E-state index is 8.74. The molecule has 0 aromatic heterocycles. The Kier molecular flexibility index (Phi) is 5.13. The topological polar surface area (TPSA) is 20.2 Å². The zero-order valence-electron chi connectivity index (χ0n) is 9.46. The minimum absolute atomic E-state index is 0.241. The van der Waals surface area contributed by atoms with Gasteiger partial charge in [-0.2, -0.15) is 0 Å². The molecule has 2 heteroatoms. The summed E-state index contributed by atoms with van der Waals surface area (Å²) in [7, 11) is 0. The highest BCUT2D eigenvalue weighted by molar-refractivity contribution is 6.31. The third-order valence-corrected chi connectivity index (χ3v) is 3.16. The Bertz CT molecular complexity index is 309. The molecule has 15 heavy (non-hydrogen) atoms. The number of aliphatic hydroxyl groups excluding tert-OH is 1. The lowest BCUT2D eigenvalue weighted by Crippen LogP contribution is -1.95. The Labute approximate surface area is 97.1 Å². The van der Waals surface area contributed by atoms with E-state index in [1.807, 2.05) is 6.07 Å². The van der Waals surface area contributed by atoms with Crippen LogP contribution in [0.15, 0.2) is 18.2 Å². The molecule has 0 saturated carbocycles. The van der Waals surface area contributed by atoms with Crippen molar-refractivity contribution in [3.05, 3.63) is 34.3 Å². The zero-order chi connectivity index (χ0) is 11.3. The summed E-state index contributed by atoms with van der Waals surface area (Å²) in [5, 5.41) is 9.61. The number of hydrogen-bond donors (Lipinski definition) is 1. The summed E-state index contributed by atoms with van der Waals surface area (Å²) in [5.41, 5.74) is 2.44. The summed E-state index contributed by atoms with van der Waals surface area (Å²) in [6.45, 7) is 4.60. The van der Waals surface area contributed by atoms with Gasteiger partial charge in [0.05, 0.1) is 0 Å². The van der Waals surface area contributed by atoms with Gasteiger partial charge in [0.1, 0.15) is 0 Å². The van der Waals surface area contributed by atoms with Crippen molar-refractivity contribution in [2.75, 3.05) is 6.61 Å². The Balaban J connectivity index is 2.78. The van der Waals surface area contributed by atoms with Gasteiger partial charge in [0, 0.05) is 11.6 Å². The highest BCUT2D eigenvalue weighted by atomic mass is 35.5. The SMILES string of the molecule is CCC(C)c1ccc(CCCO)cc1Cl. The van der Waals surface area contributed by atoms with Crippen LogP contribution in [0.2, 0.25) is 5.02 Å². The molecule has 1 atom stereocenters. The van der Waals surface area contributed by atoms with Crippen LogP contribution >= 0.6 is 11.6 Å². The van der Waals surface area contributed by atoms with Gasteiger partial charge in [-0.05, 0) is 42.4 Å². The summed E-state index contributed by atoms with van der Waals surface area (Å²) in [5.74, 6) is 0.518. The van der Waals surface area contributed by atoms with E-state index in [4.69, 9.17) is 16.7 Å². The van der Waals surface area contributed by atoms with Gasteiger partial charge in [0.15, 0.2) is 0 Å². The first-order chi connectivity index (χ1) is 7.19. The fourth-order valence-corrected chi connectivity index (χ4v) is 2.02. The molecule has 1 nitrogen and oxygen atoms in total. The molecule has 1 unspecified atom stereocenters. The van der Waals surface area contributed by atoms with Gasteiger partial charge < -0.3 is 5.11 Å². The summed E-state index contributed by atoms with van der Waals surface area (Å²) in [4.78, 5) is 0. The van der Waals surface area contributed by atoms with Gasteiger partial charge in [-0.1, -0.05) is 37.6 Å². The summed E-state index contributed by atoms with van der Waals surface area (Å²) >= 11 is 6.22. The molecule has 0 radical (unpaired) electrons. The molecule has 0 aliphatic carbocycles. The Morgan fingerprint density at radius 2 is 2.13 bits per heavy atom. The Morgan fingerprint density at radius 1 is 1.40 bits per heavy atom. The van der Waals surface area contributed by atoms with Crippen LogP contribution < -0.4 is 0 Å². The predicted molar refractivity (Wildman–Crippen MR) is 65.6 cm³/mol. The van der Waals surface area contributed by atoms with E-state index >= 15 is 0 Å². The van der Waals surface area contributed by atoms with Crippen molar-refractivity contribution in [2.45, 2.75) is 39.0 Å². The van der Waals surface area contributed by atoms with Gasteiger partial charge >= 0.3 is 0 Å². The number of hydrogen-bond acceptors (Lipinski definition) is 1. The molecule has 0 fully saturated rings. The van der Waals surface area contributed by atoms with Crippen molar-refractivity contribution >= 4 is 11.6 Å². The molecule has 0 heterocycles. The average molecular weight is 227 g/mol. The number of aliphatic hydroxyl groups is 1. The molecule has 1 aromatic rings. The maximum Gasteiger partial charge on any atom is 0.0443 e. The normalized spacial score (nSPS) is 12.8. The minimum Gasteiger partial charge on any atom is -0.396 e. The molecule has 0 aliphatic heterocycles. The minimum atomic E-state index is 0.241. The second-order valence-corrected chi connectivity index (χ2v) is 4.40. The highest BCUT2D eigenvalue weighted by Gasteiger charge is 2.07. The quantitative estimate of drug-likeness (QED) is 0.810. The van der Waals surface area contributed by atoms with Crippen LogP contribution in [0.5, 0.6) is 0 Å². The fourth-order valence-electron chi connectivity index (χ4n) is 1.63. The van der Waals surface area contributed by atoms with Crippen molar-refractivity contribution < 1.29 is 5.11 Å². The lowest BCUT2D eigenvalue weighted by Gasteiger charge is -2.12. The monoisotopic (exact) mass is 226 g/mol. The van der Waals surface area contributed by atoms with Gasteiger partial charge in [-0.3, -0.25) is 0 Å². The van der Waals surface area contributed by atoms with Crippen molar-refractivity contribution in [3.8, 4) is 0 Å². The number of rotatable bonds is 5. The van der Waals surface area contributed by atoms with E-state index in [1.54, 1.807) is 0 Å². The smallest absolute Gasteiger partial charge is 0.0443 e. The third-order valence-electron chi connectivity index (χ3n) is 2.83. The fraction of sp³-hybridized carbons (Fsp3) is 0.538. The lowest BCUT2D eigenvalue weighted by atomic mass is 9.96. The van der Waals surface area contributed by atoms with Crippen molar-refractivity contribution in [2.24, 2.45) is 0 Å². The van der Waals surface area contributed by atoms with Crippen molar-refractivity contribution in [1.82, 2.24) is 0 Å². The van der Waals surface area contributed by atoms with Crippen LogP contribution in [0.1, 0.15) is 43.7 Å². The standard InChI is InChI=1S/C13H19ClO/c1-3-10(2)12-7-6-11(5-4-8-15)9-13(12)14/h6-7,9-10,15H,3-5,8H2,1-2H3. The first-order valence-electron chi connectivity index (χ1n) is 5.58. The number of benzene rings is 1. The molecule has 0 bridgehead atoms. The predicted octanol–water partition coefficient (Wildman–Crippen LogP) is 3.78.